The van der Waals surface area contributed by atoms with E-state index in [9.17, 15) is 10.1 Å². The van der Waals surface area contributed by atoms with Gasteiger partial charge < -0.3 is 5.73 Å². The second-order valence-corrected chi connectivity index (χ2v) is 6.23. The summed E-state index contributed by atoms with van der Waals surface area (Å²) in [7, 11) is 0. The van der Waals surface area contributed by atoms with Crippen molar-refractivity contribution in [3.05, 3.63) is 70.3 Å². The molecule has 0 saturated heterocycles. The highest BCUT2D eigenvalue weighted by atomic mass is 32.1. The van der Waals surface area contributed by atoms with Crippen LogP contribution >= 0.6 is 11.3 Å². The Kier molecular flexibility index (Phi) is 4.12. The van der Waals surface area contributed by atoms with Gasteiger partial charge in [-0.05, 0) is 23.1 Å². The largest absolute Gasteiger partial charge is 0.390 e. The van der Waals surface area contributed by atoms with Gasteiger partial charge in [-0.1, -0.05) is 49.4 Å². The molecule has 23 heavy (non-hydrogen) atoms. The zero-order valence-corrected chi connectivity index (χ0v) is 13.5. The van der Waals surface area contributed by atoms with Crippen LogP contribution < -0.4 is 5.73 Å². The first-order valence-electron chi connectivity index (χ1n) is 7.33. The van der Waals surface area contributed by atoms with E-state index in [-0.39, 0.29) is 10.6 Å². The molecule has 0 aliphatic heterocycles. The molecule has 1 heterocycles. The Morgan fingerprint density at radius 2 is 1.78 bits per heavy atom. The van der Waals surface area contributed by atoms with Crippen LogP contribution in [-0.2, 0) is 6.42 Å². The topological polar surface area (TPSA) is 69.2 Å². The molecule has 2 aromatic carbocycles. The highest BCUT2D eigenvalue weighted by Gasteiger charge is 2.19. The lowest BCUT2D eigenvalue weighted by Gasteiger charge is -2.06. The van der Waals surface area contributed by atoms with Crippen LogP contribution in [0.25, 0.3) is 21.6 Å². The molecule has 0 unspecified atom stereocenters. The number of thiophene rings is 1. The van der Waals surface area contributed by atoms with Crippen LogP contribution in [0.2, 0.25) is 0 Å². The van der Waals surface area contributed by atoms with Crippen LogP contribution in [0, 0.1) is 10.1 Å². The summed E-state index contributed by atoms with van der Waals surface area (Å²) in [4.78, 5) is 11.8. The Morgan fingerprint density at radius 3 is 2.43 bits per heavy atom. The first-order valence-corrected chi connectivity index (χ1v) is 8.14. The molecular weight excluding hydrogens is 308 g/mol. The Balaban J connectivity index is 2.19. The highest BCUT2D eigenvalue weighted by Crippen LogP contribution is 2.44. The normalized spacial score (nSPS) is 10.7. The summed E-state index contributed by atoms with van der Waals surface area (Å²) in [6.07, 6.45) is 0.815. The van der Waals surface area contributed by atoms with E-state index in [0.29, 0.717) is 5.00 Å². The van der Waals surface area contributed by atoms with E-state index in [0.717, 1.165) is 33.6 Å². The van der Waals surface area contributed by atoms with E-state index in [1.165, 1.54) is 17.4 Å². The van der Waals surface area contributed by atoms with Crippen LogP contribution in [0.15, 0.2) is 54.6 Å². The molecule has 5 heteroatoms. The van der Waals surface area contributed by atoms with Crippen molar-refractivity contribution in [3.8, 4) is 21.6 Å². The third kappa shape index (κ3) is 2.83. The van der Waals surface area contributed by atoms with E-state index < -0.39 is 0 Å². The molecule has 0 amide bonds. The number of rotatable bonds is 4. The summed E-state index contributed by atoms with van der Waals surface area (Å²) in [6, 6.07) is 16.7. The zero-order chi connectivity index (χ0) is 16.4. The van der Waals surface area contributed by atoms with Gasteiger partial charge in [-0.25, -0.2) is 0 Å². The molecule has 0 atom stereocenters. The molecule has 0 radical (unpaired) electrons. The molecule has 0 spiro atoms. The summed E-state index contributed by atoms with van der Waals surface area (Å²) >= 11 is 1.54. The van der Waals surface area contributed by atoms with Gasteiger partial charge in [0.2, 0.25) is 0 Å². The lowest BCUT2D eigenvalue weighted by Crippen LogP contribution is -1.92. The number of benzene rings is 2. The van der Waals surface area contributed by atoms with Gasteiger partial charge in [0, 0.05) is 22.6 Å². The van der Waals surface area contributed by atoms with E-state index in [4.69, 9.17) is 5.73 Å². The van der Waals surface area contributed by atoms with Crippen LogP contribution in [0.3, 0.4) is 0 Å². The SMILES string of the molecule is CCc1c(-c2ccccc2)sc(N)c1-c1cccc([N+](=O)[O-])c1. The minimum atomic E-state index is -0.379. The molecule has 3 aromatic rings. The molecule has 2 N–H and O–H groups in total. The predicted molar refractivity (Wildman–Crippen MR) is 95.6 cm³/mol. The molecule has 0 bridgehead atoms. The van der Waals surface area contributed by atoms with Gasteiger partial charge in [0.25, 0.3) is 5.69 Å². The van der Waals surface area contributed by atoms with Gasteiger partial charge in [0.15, 0.2) is 0 Å². The third-order valence-corrected chi connectivity index (χ3v) is 4.88. The Morgan fingerprint density at radius 1 is 1.09 bits per heavy atom. The average Bonchev–Trinajstić information content (AvgIpc) is 2.92. The maximum Gasteiger partial charge on any atom is 0.270 e. The molecule has 116 valence electrons. The number of non-ortho nitro benzene ring substituents is 1. The lowest BCUT2D eigenvalue weighted by molar-refractivity contribution is -0.384. The van der Waals surface area contributed by atoms with Gasteiger partial charge >= 0.3 is 0 Å². The van der Waals surface area contributed by atoms with E-state index in [2.05, 4.69) is 19.1 Å². The lowest BCUT2D eigenvalue weighted by atomic mass is 9.97. The fraction of sp³-hybridized carbons (Fsp3) is 0.111. The number of nitro groups is 1. The molecule has 4 nitrogen and oxygen atoms in total. The number of anilines is 1. The van der Waals surface area contributed by atoms with Gasteiger partial charge in [-0.15, -0.1) is 11.3 Å². The Hall–Kier alpha value is -2.66. The van der Waals surface area contributed by atoms with Gasteiger partial charge in [0.1, 0.15) is 0 Å². The summed E-state index contributed by atoms with van der Waals surface area (Å²) in [5, 5.41) is 11.7. The maximum atomic E-state index is 11.0. The van der Waals surface area contributed by atoms with Crippen LogP contribution in [-0.4, -0.2) is 4.92 Å². The van der Waals surface area contributed by atoms with Crippen molar-refractivity contribution in [1.82, 2.24) is 0 Å². The standard InChI is InChI=1S/C18H16N2O2S/c1-2-15-16(13-9-6-10-14(11-13)20(21)22)18(19)23-17(15)12-7-4-3-5-8-12/h3-11H,2,19H2,1H3. The predicted octanol–water partition coefficient (Wildman–Crippen LogP) is 5.13. The third-order valence-electron chi connectivity index (χ3n) is 3.77. The van der Waals surface area contributed by atoms with E-state index >= 15 is 0 Å². The van der Waals surface area contributed by atoms with Crippen molar-refractivity contribution < 1.29 is 4.92 Å². The van der Waals surface area contributed by atoms with Crippen molar-refractivity contribution in [2.24, 2.45) is 0 Å². The van der Waals surface area contributed by atoms with Crippen LogP contribution in [0.4, 0.5) is 10.7 Å². The highest BCUT2D eigenvalue weighted by molar-refractivity contribution is 7.20. The zero-order valence-electron chi connectivity index (χ0n) is 12.7. The number of nitro benzene ring substituents is 1. The Bertz CT molecular complexity index is 857. The molecular formula is C18H16N2O2S. The van der Waals surface area contributed by atoms with Crippen molar-refractivity contribution in [1.29, 1.82) is 0 Å². The van der Waals surface area contributed by atoms with Crippen molar-refractivity contribution in [2.45, 2.75) is 13.3 Å². The summed E-state index contributed by atoms with van der Waals surface area (Å²) in [5.74, 6) is 0. The van der Waals surface area contributed by atoms with Gasteiger partial charge in [-0.2, -0.15) is 0 Å². The molecule has 1 aromatic heterocycles. The Labute approximate surface area is 138 Å². The van der Waals surface area contributed by atoms with Gasteiger partial charge in [0.05, 0.1) is 9.92 Å². The molecule has 0 aliphatic carbocycles. The molecule has 0 aliphatic rings. The maximum absolute atomic E-state index is 11.0. The van der Waals surface area contributed by atoms with Crippen molar-refractivity contribution >= 4 is 22.0 Å². The summed E-state index contributed by atoms with van der Waals surface area (Å²) in [6.45, 7) is 2.08. The fourth-order valence-corrected chi connectivity index (χ4v) is 3.92. The molecule has 3 rings (SSSR count). The van der Waals surface area contributed by atoms with Crippen LogP contribution in [0.1, 0.15) is 12.5 Å². The fourth-order valence-electron chi connectivity index (χ4n) is 2.74. The average molecular weight is 324 g/mol. The number of nitrogen functional groups attached to an aromatic ring is 1. The molecule has 0 saturated carbocycles. The summed E-state index contributed by atoms with van der Waals surface area (Å²) < 4.78 is 0. The summed E-state index contributed by atoms with van der Waals surface area (Å²) in [5.41, 5.74) is 10.3. The number of hydrogen-bond donors (Lipinski definition) is 1. The minimum Gasteiger partial charge on any atom is -0.390 e. The van der Waals surface area contributed by atoms with Crippen molar-refractivity contribution in [2.75, 3.05) is 5.73 Å². The second-order valence-electron chi connectivity index (χ2n) is 5.18. The first-order chi connectivity index (χ1) is 11.1. The minimum absolute atomic E-state index is 0.0800. The van der Waals surface area contributed by atoms with Crippen LogP contribution in [0.5, 0.6) is 0 Å². The number of hydrogen-bond acceptors (Lipinski definition) is 4. The van der Waals surface area contributed by atoms with Crippen molar-refractivity contribution in [3.63, 3.8) is 0 Å². The number of nitrogens with two attached hydrogens (primary N) is 1. The monoisotopic (exact) mass is 324 g/mol. The number of nitrogens with zero attached hydrogens (tertiary/aromatic N) is 1. The quantitative estimate of drug-likeness (QED) is 0.534. The van der Waals surface area contributed by atoms with Gasteiger partial charge in [-0.3, -0.25) is 10.1 Å². The van der Waals surface area contributed by atoms with E-state index in [1.54, 1.807) is 12.1 Å². The van der Waals surface area contributed by atoms with E-state index in [1.807, 2.05) is 24.3 Å². The second kappa shape index (κ2) is 6.22. The smallest absolute Gasteiger partial charge is 0.270 e. The molecule has 0 fully saturated rings. The first kappa shape index (κ1) is 15.2.